The fourth-order valence-corrected chi connectivity index (χ4v) is 2.59. The van der Waals surface area contributed by atoms with Gasteiger partial charge in [-0.15, -0.1) is 6.58 Å². The Kier molecular flexibility index (Phi) is 4.32. The maximum Gasteiger partial charge on any atom is 0.302 e. The van der Waals surface area contributed by atoms with Crippen LogP contribution in [0.5, 0.6) is 0 Å². The molecule has 96 valence electrons. The molecule has 1 N–H and O–H groups in total. The van der Waals surface area contributed by atoms with Crippen LogP contribution < -0.4 is 5.32 Å². The molecule has 4 heteroatoms. The van der Waals surface area contributed by atoms with Crippen LogP contribution in [0.15, 0.2) is 12.7 Å². The SMILES string of the molecule is C=C[C@@H]1CC[C@@H](OC(C)=O)[C@](C)(NC(C)=O)C1. The van der Waals surface area contributed by atoms with E-state index in [1.807, 2.05) is 13.0 Å². The summed E-state index contributed by atoms with van der Waals surface area (Å²) in [4.78, 5) is 22.3. The van der Waals surface area contributed by atoms with Crippen LogP contribution in [0.2, 0.25) is 0 Å². The topological polar surface area (TPSA) is 55.4 Å². The molecule has 0 aliphatic heterocycles. The number of hydrogen-bond donors (Lipinski definition) is 1. The van der Waals surface area contributed by atoms with E-state index >= 15 is 0 Å². The van der Waals surface area contributed by atoms with Crippen molar-refractivity contribution in [3.05, 3.63) is 12.7 Å². The van der Waals surface area contributed by atoms with Crippen molar-refractivity contribution in [2.75, 3.05) is 0 Å². The van der Waals surface area contributed by atoms with Crippen LogP contribution in [0, 0.1) is 5.92 Å². The van der Waals surface area contributed by atoms with Crippen LogP contribution in [0.4, 0.5) is 0 Å². The fraction of sp³-hybridized carbons (Fsp3) is 0.692. The van der Waals surface area contributed by atoms with Crippen molar-refractivity contribution in [3.63, 3.8) is 0 Å². The van der Waals surface area contributed by atoms with E-state index in [1.54, 1.807) is 0 Å². The van der Waals surface area contributed by atoms with Gasteiger partial charge in [-0.25, -0.2) is 0 Å². The highest BCUT2D eigenvalue weighted by atomic mass is 16.5. The average Bonchev–Trinajstić information content (AvgIpc) is 2.19. The summed E-state index contributed by atoms with van der Waals surface area (Å²) >= 11 is 0. The molecule has 1 fully saturated rings. The lowest BCUT2D eigenvalue weighted by Gasteiger charge is -2.43. The van der Waals surface area contributed by atoms with Crippen LogP contribution in [0.3, 0.4) is 0 Å². The van der Waals surface area contributed by atoms with Gasteiger partial charge >= 0.3 is 5.97 Å². The fourth-order valence-electron chi connectivity index (χ4n) is 2.59. The Balaban J connectivity index is 2.83. The number of nitrogens with one attached hydrogen (secondary N) is 1. The van der Waals surface area contributed by atoms with E-state index < -0.39 is 5.54 Å². The molecular weight excluding hydrogens is 218 g/mol. The molecule has 0 radical (unpaired) electrons. The van der Waals surface area contributed by atoms with Crippen LogP contribution >= 0.6 is 0 Å². The van der Waals surface area contributed by atoms with Gasteiger partial charge in [0.1, 0.15) is 6.10 Å². The second kappa shape index (κ2) is 5.34. The van der Waals surface area contributed by atoms with Crippen LogP contribution in [-0.2, 0) is 14.3 Å². The van der Waals surface area contributed by atoms with Gasteiger partial charge in [-0.2, -0.15) is 0 Å². The molecule has 17 heavy (non-hydrogen) atoms. The summed E-state index contributed by atoms with van der Waals surface area (Å²) in [5.41, 5.74) is -0.491. The molecule has 0 heterocycles. The van der Waals surface area contributed by atoms with E-state index in [1.165, 1.54) is 13.8 Å². The molecule has 3 atom stereocenters. The molecule has 1 aliphatic carbocycles. The van der Waals surface area contributed by atoms with Gasteiger partial charge in [0.05, 0.1) is 5.54 Å². The van der Waals surface area contributed by atoms with Crippen molar-refractivity contribution >= 4 is 11.9 Å². The van der Waals surface area contributed by atoms with Gasteiger partial charge in [0.2, 0.25) is 5.91 Å². The van der Waals surface area contributed by atoms with E-state index in [-0.39, 0.29) is 18.0 Å². The van der Waals surface area contributed by atoms with E-state index in [0.29, 0.717) is 5.92 Å². The number of carbonyl (C=O) groups is 2. The second-order valence-electron chi connectivity index (χ2n) is 4.97. The number of hydrogen-bond acceptors (Lipinski definition) is 3. The van der Waals surface area contributed by atoms with Gasteiger partial charge in [-0.3, -0.25) is 9.59 Å². The van der Waals surface area contributed by atoms with Crippen molar-refractivity contribution < 1.29 is 14.3 Å². The molecule has 0 aromatic heterocycles. The largest absolute Gasteiger partial charge is 0.460 e. The summed E-state index contributed by atoms with van der Waals surface area (Å²) in [6.45, 7) is 8.60. The summed E-state index contributed by atoms with van der Waals surface area (Å²) in [5, 5.41) is 2.91. The number of amides is 1. The molecule has 0 saturated heterocycles. The minimum Gasteiger partial charge on any atom is -0.460 e. The predicted molar refractivity (Wildman–Crippen MR) is 65.3 cm³/mol. The highest BCUT2D eigenvalue weighted by Crippen LogP contribution is 2.35. The molecule has 0 aromatic carbocycles. The molecule has 1 aliphatic rings. The van der Waals surface area contributed by atoms with Crippen molar-refractivity contribution in [3.8, 4) is 0 Å². The van der Waals surface area contributed by atoms with Crippen molar-refractivity contribution in [2.45, 2.75) is 51.7 Å². The minimum absolute atomic E-state index is 0.102. The molecule has 1 amide bonds. The molecule has 0 aromatic rings. The monoisotopic (exact) mass is 239 g/mol. The highest BCUT2D eigenvalue weighted by molar-refractivity contribution is 5.74. The van der Waals surface area contributed by atoms with E-state index in [9.17, 15) is 9.59 Å². The molecular formula is C13H21NO3. The summed E-state index contributed by atoms with van der Waals surface area (Å²) in [6, 6.07) is 0. The number of carbonyl (C=O) groups excluding carboxylic acids is 2. The van der Waals surface area contributed by atoms with E-state index in [0.717, 1.165) is 19.3 Å². The zero-order valence-corrected chi connectivity index (χ0v) is 10.8. The Morgan fingerprint density at radius 1 is 1.41 bits per heavy atom. The average molecular weight is 239 g/mol. The van der Waals surface area contributed by atoms with Gasteiger partial charge in [0.15, 0.2) is 0 Å². The summed E-state index contributed by atoms with van der Waals surface area (Å²) in [5.74, 6) is -0.0448. The van der Waals surface area contributed by atoms with Crippen LogP contribution in [0.25, 0.3) is 0 Å². The normalized spacial score (nSPS) is 32.6. The van der Waals surface area contributed by atoms with Crippen LogP contribution in [0.1, 0.15) is 40.0 Å². The zero-order valence-electron chi connectivity index (χ0n) is 10.8. The molecule has 4 nitrogen and oxygen atoms in total. The Bertz CT molecular complexity index is 327. The number of ether oxygens (including phenoxy) is 1. The van der Waals surface area contributed by atoms with Gasteiger partial charge in [-0.1, -0.05) is 6.08 Å². The first-order chi connectivity index (χ1) is 7.87. The second-order valence-corrected chi connectivity index (χ2v) is 4.97. The first kappa shape index (κ1) is 13.7. The first-order valence-electron chi connectivity index (χ1n) is 5.96. The Morgan fingerprint density at radius 3 is 2.53 bits per heavy atom. The van der Waals surface area contributed by atoms with E-state index in [2.05, 4.69) is 11.9 Å². The first-order valence-corrected chi connectivity index (χ1v) is 5.96. The van der Waals surface area contributed by atoms with E-state index in [4.69, 9.17) is 4.74 Å². The lowest BCUT2D eigenvalue weighted by Crippen LogP contribution is -2.58. The molecule has 0 bridgehead atoms. The van der Waals surface area contributed by atoms with Gasteiger partial charge < -0.3 is 10.1 Å². The van der Waals surface area contributed by atoms with Crippen LogP contribution in [-0.4, -0.2) is 23.5 Å². The lowest BCUT2D eigenvalue weighted by atomic mass is 9.74. The Morgan fingerprint density at radius 2 is 2.06 bits per heavy atom. The summed E-state index contributed by atoms with van der Waals surface area (Å²) in [6.07, 6.45) is 4.11. The summed E-state index contributed by atoms with van der Waals surface area (Å²) in [7, 11) is 0. The quantitative estimate of drug-likeness (QED) is 0.603. The standard InChI is InChI=1S/C13H21NO3/c1-5-11-6-7-12(17-10(3)16)13(4,8-11)14-9(2)15/h5,11-12H,1,6-8H2,2-4H3,(H,14,15)/t11-,12-,13-/m1/s1. The third-order valence-electron chi connectivity index (χ3n) is 3.30. The molecule has 1 saturated carbocycles. The van der Waals surface area contributed by atoms with Gasteiger partial charge in [-0.05, 0) is 32.1 Å². The van der Waals surface area contributed by atoms with Crippen molar-refractivity contribution in [1.82, 2.24) is 5.32 Å². The maximum absolute atomic E-state index is 11.3. The third kappa shape index (κ3) is 3.58. The summed E-state index contributed by atoms with van der Waals surface area (Å²) < 4.78 is 5.31. The molecule has 0 unspecified atom stereocenters. The minimum atomic E-state index is -0.491. The highest BCUT2D eigenvalue weighted by Gasteiger charge is 2.42. The van der Waals surface area contributed by atoms with Gasteiger partial charge in [0.25, 0.3) is 0 Å². The van der Waals surface area contributed by atoms with Crippen molar-refractivity contribution in [1.29, 1.82) is 0 Å². The predicted octanol–water partition coefficient (Wildman–Crippen LogP) is 1.80. The maximum atomic E-state index is 11.3. The van der Waals surface area contributed by atoms with Crippen molar-refractivity contribution in [2.24, 2.45) is 5.92 Å². The van der Waals surface area contributed by atoms with Gasteiger partial charge in [0, 0.05) is 13.8 Å². The Hall–Kier alpha value is -1.32. The number of esters is 1. The smallest absolute Gasteiger partial charge is 0.302 e. The molecule has 0 spiro atoms. The number of rotatable bonds is 3. The third-order valence-corrected chi connectivity index (χ3v) is 3.30. The zero-order chi connectivity index (χ0) is 13.1. The Labute approximate surface area is 102 Å². The molecule has 1 rings (SSSR count). The lowest BCUT2D eigenvalue weighted by molar-refractivity contribution is -0.155. The number of allylic oxidation sites excluding steroid dienone is 1.